The fourth-order valence-corrected chi connectivity index (χ4v) is 2.22. The molecule has 0 heterocycles. The van der Waals surface area contributed by atoms with Gasteiger partial charge in [-0.1, -0.05) is 0 Å². The van der Waals surface area contributed by atoms with Crippen LogP contribution in [-0.2, 0) is 0 Å². The summed E-state index contributed by atoms with van der Waals surface area (Å²) in [6.07, 6.45) is 1.97. The minimum absolute atomic E-state index is 0.254. The first-order valence-corrected chi connectivity index (χ1v) is 7.74. The minimum Gasteiger partial charge on any atom is -0.492 e. The van der Waals surface area contributed by atoms with Crippen molar-refractivity contribution in [3.8, 4) is 5.75 Å². The highest BCUT2D eigenvalue weighted by molar-refractivity contribution is 7.98. The number of benzene rings is 2. The number of carbonyl (C=O) groups is 1. The van der Waals surface area contributed by atoms with Crippen molar-refractivity contribution < 1.29 is 13.9 Å². The average molecular weight is 305 g/mol. The van der Waals surface area contributed by atoms with E-state index in [0.29, 0.717) is 23.6 Å². The Labute approximate surface area is 127 Å². The molecule has 5 heteroatoms. The minimum atomic E-state index is -0.402. The maximum atomic E-state index is 13.2. The van der Waals surface area contributed by atoms with Gasteiger partial charge in [-0.05, 0) is 49.6 Å². The molecular formula is C16H16FNO2S. The predicted molar refractivity (Wildman–Crippen MR) is 83.7 cm³/mol. The van der Waals surface area contributed by atoms with Crippen molar-refractivity contribution in [1.82, 2.24) is 0 Å². The highest BCUT2D eigenvalue weighted by atomic mass is 32.2. The molecule has 0 unspecified atom stereocenters. The smallest absolute Gasteiger partial charge is 0.255 e. The molecule has 3 nitrogen and oxygen atoms in total. The van der Waals surface area contributed by atoms with E-state index in [9.17, 15) is 9.18 Å². The van der Waals surface area contributed by atoms with Crippen molar-refractivity contribution >= 4 is 23.4 Å². The van der Waals surface area contributed by atoms with Gasteiger partial charge in [0.05, 0.1) is 12.3 Å². The summed E-state index contributed by atoms with van der Waals surface area (Å²) in [7, 11) is 0. The van der Waals surface area contributed by atoms with E-state index in [1.165, 1.54) is 18.2 Å². The van der Waals surface area contributed by atoms with E-state index in [1.807, 2.05) is 18.4 Å². The largest absolute Gasteiger partial charge is 0.492 e. The van der Waals surface area contributed by atoms with Crippen LogP contribution in [0.4, 0.5) is 10.1 Å². The van der Waals surface area contributed by atoms with E-state index < -0.39 is 5.82 Å². The maximum Gasteiger partial charge on any atom is 0.255 e. The Morgan fingerprint density at radius 1 is 1.24 bits per heavy atom. The Hall–Kier alpha value is -2.01. The Morgan fingerprint density at radius 2 is 1.95 bits per heavy atom. The van der Waals surface area contributed by atoms with Crippen LogP contribution < -0.4 is 10.1 Å². The number of anilines is 1. The Kier molecular flexibility index (Phi) is 5.22. The molecule has 1 amide bonds. The standard InChI is InChI=1S/C16H16FNO2S/c1-3-20-15-10-12(17)6-9-14(15)18-16(19)11-4-7-13(21-2)8-5-11/h4-10H,3H2,1-2H3,(H,18,19). The number of hydrogen-bond acceptors (Lipinski definition) is 3. The van der Waals surface area contributed by atoms with Crippen LogP contribution in [0.15, 0.2) is 47.4 Å². The fourth-order valence-electron chi connectivity index (χ4n) is 1.81. The van der Waals surface area contributed by atoms with Gasteiger partial charge in [-0.25, -0.2) is 4.39 Å². The molecule has 2 rings (SSSR count). The molecule has 0 saturated carbocycles. The van der Waals surface area contributed by atoms with Gasteiger partial charge in [-0.15, -0.1) is 11.8 Å². The lowest BCUT2D eigenvalue weighted by Crippen LogP contribution is -2.13. The molecule has 0 spiro atoms. The number of carbonyl (C=O) groups excluding carboxylic acids is 1. The summed E-state index contributed by atoms with van der Waals surface area (Å²) in [6.45, 7) is 2.20. The number of hydrogen-bond donors (Lipinski definition) is 1. The van der Waals surface area contributed by atoms with Crippen LogP contribution in [0.3, 0.4) is 0 Å². The van der Waals surface area contributed by atoms with Gasteiger partial charge in [0.25, 0.3) is 5.91 Å². The van der Waals surface area contributed by atoms with Crippen LogP contribution in [0.2, 0.25) is 0 Å². The normalized spacial score (nSPS) is 10.2. The van der Waals surface area contributed by atoms with Gasteiger partial charge in [-0.3, -0.25) is 4.79 Å². The first-order valence-electron chi connectivity index (χ1n) is 6.51. The Balaban J connectivity index is 2.18. The highest BCUT2D eigenvalue weighted by Crippen LogP contribution is 2.26. The topological polar surface area (TPSA) is 38.3 Å². The molecule has 21 heavy (non-hydrogen) atoms. The van der Waals surface area contributed by atoms with Crippen LogP contribution in [-0.4, -0.2) is 18.8 Å². The second kappa shape index (κ2) is 7.13. The number of thioether (sulfide) groups is 1. The third-order valence-corrected chi connectivity index (χ3v) is 3.59. The molecule has 0 atom stereocenters. The number of nitrogens with one attached hydrogen (secondary N) is 1. The van der Waals surface area contributed by atoms with E-state index in [2.05, 4.69) is 5.32 Å². The quantitative estimate of drug-likeness (QED) is 0.841. The molecule has 0 aliphatic heterocycles. The van der Waals surface area contributed by atoms with Gasteiger partial charge < -0.3 is 10.1 Å². The van der Waals surface area contributed by atoms with E-state index in [4.69, 9.17) is 4.74 Å². The van der Waals surface area contributed by atoms with Gasteiger partial charge in [0.15, 0.2) is 0 Å². The van der Waals surface area contributed by atoms with Gasteiger partial charge in [0, 0.05) is 16.5 Å². The summed E-state index contributed by atoms with van der Waals surface area (Å²) >= 11 is 1.61. The van der Waals surface area contributed by atoms with E-state index >= 15 is 0 Å². The predicted octanol–water partition coefficient (Wildman–Crippen LogP) is 4.20. The molecule has 0 fully saturated rings. The molecule has 0 bridgehead atoms. The Morgan fingerprint density at radius 3 is 2.57 bits per heavy atom. The van der Waals surface area contributed by atoms with Crippen LogP contribution in [0.1, 0.15) is 17.3 Å². The van der Waals surface area contributed by atoms with Crippen LogP contribution in [0, 0.1) is 5.82 Å². The van der Waals surface area contributed by atoms with E-state index in [0.717, 1.165) is 4.90 Å². The van der Waals surface area contributed by atoms with Crippen LogP contribution in [0.25, 0.3) is 0 Å². The summed E-state index contributed by atoms with van der Waals surface area (Å²) in [6, 6.07) is 11.3. The molecule has 110 valence electrons. The monoisotopic (exact) mass is 305 g/mol. The lowest BCUT2D eigenvalue weighted by atomic mass is 10.2. The number of halogens is 1. The zero-order chi connectivity index (χ0) is 15.2. The molecule has 0 radical (unpaired) electrons. The molecule has 0 aliphatic rings. The molecular weight excluding hydrogens is 289 g/mol. The summed E-state index contributed by atoms with van der Waals surface area (Å²) in [4.78, 5) is 13.3. The lowest BCUT2D eigenvalue weighted by Gasteiger charge is -2.11. The second-order valence-corrected chi connectivity index (χ2v) is 5.14. The zero-order valence-electron chi connectivity index (χ0n) is 11.9. The van der Waals surface area contributed by atoms with Crippen molar-refractivity contribution in [1.29, 1.82) is 0 Å². The molecule has 2 aromatic rings. The van der Waals surface area contributed by atoms with Crippen LogP contribution in [0.5, 0.6) is 5.75 Å². The summed E-state index contributed by atoms with van der Waals surface area (Å²) in [5, 5.41) is 2.74. The zero-order valence-corrected chi connectivity index (χ0v) is 12.7. The highest BCUT2D eigenvalue weighted by Gasteiger charge is 2.11. The van der Waals surface area contributed by atoms with Crippen molar-refractivity contribution in [2.24, 2.45) is 0 Å². The van der Waals surface area contributed by atoms with Crippen molar-refractivity contribution in [3.05, 3.63) is 53.8 Å². The molecule has 0 saturated heterocycles. The SMILES string of the molecule is CCOc1cc(F)ccc1NC(=O)c1ccc(SC)cc1. The van der Waals surface area contributed by atoms with Crippen LogP contribution >= 0.6 is 11.8 Å². The van der Waals surface area contributed by atoms with E-state index in [-0.39, 0.29) is 5.91 Å². The summed E-state index contributed by atoms with van der Waals surface area (Å²) in [5.41, 5.74) is 0.997. The average Bonchev–Trinajstić information content (AvgIpc) is 2.50. The molecule has 0 aromatic heterocycles. The third-order valence-electron chi connectivity index (χ3n) is 2.84. The maximum absolute atomic E-state index is 13.2. The second-order valence-electron chi connectivity index (χ2n) is 4.26. The molecule has 1 N–H and O–H groups in total. The van der Waals surface area contributed by atoms with Gasteiger partial charge in [-0.2, -0.15) is 0 Å². The fraction of sp³-hybridized carbons (Fsp3) is 0.188. The van der Waals surface area contributed by atoms with Crippen molar-refractivity contribution in [3.63, 3.8) is 0 Å². The summed E-state index contributed by atoms with van der Waals surface area (Å²) < 4.78 is 18.6. The van der Waals surface area contributed by atoms with Gasteiger partial charge in [0.1, 0.15) is 11.6 Å². The first-order chi connectivity index (χ1) is 10.1. The number of amides is 1. The lowest BCUT2D eigenvalue weighted by molar-refractivity contribution is 0.102. The van der Waals surface area contributed by atoms with Gasteiger partial charge in [0.2, 0.25) is 0 Å². The van der Waals surface area contributed by atoms with Crippen molar-refractivity contribution in [2.45, 2.75) is 11.8 Å². The molecule has 0 aliphatic carbocycles. The number of ether oxygens (including phenoxy) is 1. The van der Waals surface area contributed by atoms with Crippen molar-refractivity contribution in [2.75, 3.05) is 18.2 Å². The third kappa shape index (κ3) is 3.98. The number of rotatable bonds is 5. The first kappa shape index (κ1) is 15.4. The molecule has 2 aromatic carbocycles. The van der Waals surface area contributed by atoms with E-state index in [1.54, 1.807) is 30.8 Å². The summed E-state index contributed by atoms with van der Waals surface area (Å²) in [5.74, 6) is -0.331. The van der Waals surface area contributed by atoms with Gasteiger partial charge >= 0.3 is 0 Å². The Bertz CT molecular complexity index is 629.